The van der Waals surface area contributed by atoms with Crippen LogP contribution in [0, 0.1) is 10.1 Å². The molecular formula is C17H13ClN6O4. The lowest BCUT2D eigenvalue weighted by Gasteiger charge is -2.10. The Balaban J connectivity index is 1.89. The topological polar surface area (TPSA) is 132 Å². The smallest absolute Gasteiger partial charge is 0.353 e. The molecule has 0 radical (unpaired) electrons. The molecular weight excluding hydrogens is 388 g/mol. The predicted molar refractivity (Wildman–Crippen MR) is 102 cm³/mol. The van der Waals surface area contributed by atoms with Crippen molar-refractivity contribution in [3.63, 3.8) is 0 Å². The van der Waals surface area contributed by atoms with Crippen molar-refractivity contribution < 1.29 is 14.5 Å². The first-order chi connectivity index (χ1) is 13.5. The monoisotopic (exact) mass is 400 g/mol. The van der Waals surface area contributed by atoms with Gasteiger partial charge in [-0.1, -0.05) is 11.6 Å². The third-order valence-electron chi connectivity index (χ3n) is 3.55. The van der Waals surface area contributed by atoms with Crippen molar-refractivity contribution in [1.82, 2.24) is 15.0 Å². The molecule has 2 aromatic heterocycles. The summed E-state index contributed by atoms with van der Waals surface area (Å²) in [5.41, 5.74) is 0.475. The number of hydrogen-bond donors (Lipinski definition) is 2. The SMILES string of the molecule is COC(=O)c1ccc(Nc2ncnc(Nc3ccc(Cl)cn3)c2[N+](=O)[O-])cc1. The fourth-order valence-electron chi connectivity index (χ4n) is 2.25. The molecule has 142 valence electrons. The number of carbonyl (C=O) groups is 1. The molecule has 2 N–H and O–H groups in total. The Hall–Kier alpha value is -3.79. The van der Waals surface area contributed by atoms with E-state index >= 15 is 0 Å². The van der Waals surface area contributed by atoms with Gasteiger partial charge in [-0.3, -0.25) is 10.1 Å². The van der Waals surface area contributed by atoms with Crippen molar-refractivity contribution in [3.8, 4) is 0 Å². The highest BCUT2D eigenvalue weighted by Crippen LogP contribution is 2.32. The van der Waals surface area contributed by atoms with Gasteiger partial charge in [0, 0.05) is 11.9 Å². The first-order valence-corrected chi connectivity index (χ1v) is 8.19. The Morgan fingerprint density at radius 3 is 2.32 bits per heavy atom. The zero-order chi connectivity index (χ0) is 20.1. The van der Waals surface area contributed by atoms with E-state index in [0.29, 0.717) is 22.1 Å². The van der Waals surface area contributed by atoms with Gasteiger partial charge in [0.25, 0.3) is 0 Å². The molecule has 0 saturated carbocycles. The number of ether oxygens (including phenoxy) is 1. The molecule has 0 unspecified atom stereocenters. The number of nitro groups is 1. The average molecular weight is 401 g/mol. The molecule has 0 saturated heterocycles. The maximum atomic E-state index is 11.6. The van der Waals surface area contributed by atoms with Gasteiger partial charge in [0.05, 0.1) is 22.6 Å². The van der Waals surface area contributed by atoms with Crippen LogP contribution in [0.1, 0.15) is 10.4 Å². The lowest BCUT2D eigenvalue weighted by Crippen LogP contribution is -2.06. The van der Waals surface area contributed by atoms with Crippen LogP contribution < -0.4 is 10.6 Å². The molecule has 0 spiro atoms. The maximum absolute atomic E-state index is 11.6. The van der Waals surface area contributed by atoms with Crippen LogP contribution in [0.2, 0.25) is 5.02 Å². The second-order valence-electron chi connectivity index (χ2n) is 5.36. The molecule has 28 heavy (non-hydrogen) atoms. The Kier molecular flexibility index (Phi) is 5.61. The number of carbonyl (C=O) groups excluding carboxylic acids is 1. The predicted octanol–water partition coefficient (Wildman–Crippen LogP) is 3.71. The van der Waals surface area contributed by atoms with Crippen molar-refractivity contribution in [2.24, 2.45) is 0 Å². The molecule has 11 heteroatoms. The van der Waals surface area contributed by atoms with Gasteiger partial charge >= 0.3 is 11.7 Å². The van der Waals surface area contributed by atoms with Crippen LogP contribution in [0.25, 0.3) is 0 Å². The lowest BCUT2D eigenvalue weighted by molar-refractivity contribution is -0.383. The Morgan fingerprint density at radius 1 is 1.07 bits per heavy atom. The summed E-state index contributed by atoms with van der Waals surface area (Å²) in [6, 6.07) is 9.35. The molecule has 0 fully saturated rings. The number of esters is 1. The van der Waals surface area contributed by atoms with Crippen molar-refractivity contribution in [2.75, 3.05) is 17.7 Å². The maximum Gasteiger partial charge on any atom is 0.353 e. The molecule has 3 aromatic rings. The summed E-state index contributed by atoms with van der Waals surface area (Å²) in [5, 5.41) is 17.7. The number of anilines is 4. The third kappa shape index (κ3) is 4.30. The van der Waals surface area contributed by atoms with Crippen LogP contribution in [-0.4, -0.2) is 33.0 Å². The van der Waals surface area contributed by atoms with E-state index in [4.69, 9.17) is 11.6 Å². The standard InChI is InChI=1S/C17H13ClN6O4/c1-28-17(25)10-2-5-12(6-3-10)22-15-14(24(26)27)16(21-9-20-15)23-13-7-4-11(18)8-19-13/h2-9H,1H3,(H2,19,20,21,22,23). The third-order valence-corrected chi connectivity index (χ3v) is 3.77. The molecule has 0 aliphatic rings. The summed E-state index contributed by atoms with van der Waals surface area (Å²) in [7, 11) is 1.28. The van der Waals surface area contributed by atoms with Gasteiger partial charge in [-0.05, 0) is 36.4 Å². The zero-order valence-electron chi connectivity index (χ0n) is 14.4. The number of nitrogens with zero attached hydrogens (tertiary/aromatic N) is 4. The number of pyridine rings is 1. The molecule has 0 amide bonds. The van der Waals surface area contributed by atoms with E-state index in [1.54, 1.807) is 24.3 Å². The lowest BCUT2D eigenvalue weighted by atomic mass is 10.2. The van der Waals surface area contributed by atoms with Crippen LogP contribution in [0.15, 0.2) is 48.9 Å². The van der Waals surface area contributed by atoms with Gasteiger partial charge in [0.1, 0.15) is 12.1 Å². The Morgan fingerprint density at radius 2 is 1.75 bits per heavy atom. The van der Waals surface area contributed by atoms with Crippen LogP contribution in [0.3, 0.4) is 0 Å². The van der Waals surface area contributed by atoms with E-state index < -0.39 is 10.9 Å². The molecule has 0 aliphatic heterocycles. The van der Waals surface area contributed by atoms with Crippen molar-refractivity contribution in [1.29, 1.82) is 0 Å². The fraction of sp³-hybridized carbons (Fsp3) is 0.0588. The molecule has 10 nitrogen and oxygen atoms in total. The summed E-state index contributed by atoms with van der Waals surface area (Å²) in [6.07, 6.45) is 2.58. The van der Waals surface area contributed by atoms with Crippen LogP contribution in [-0.2, 0) is 4.74 Å². The average Bonchev–Trinajstić information content (AvgIpc) is 2.69. The van der Waals surface area contributed by atoms with Gasteiger partial charge in [-0.2, -0.15) is 0 Å². The Labute approximate surface area is 163 Å². The first-order valence-electron chi connectivity index (χ1n) is 7.81. The van der Waals surface area contributed by atoms with Gasteiger partial charge in [-0.15, -0.1) is 0 Å². The number of methoxy groups -OCH3 is 1. The normalized spacial score (nSPS) is 10.2. The summed E-state index contributed by atoms with van der Waals surface area (Å²) in [4.78, 5) is 34.4. The number of aromatic nitrogens is 3. The summed E-state index contributed by atoms with van der Waals surface area (Å²) < 4.78 is 4.63. The first kappa shape index (κ1) is 19.0. The minimum Gasteiger partial charge on any atom is -0.465 e. The highest BCUT2D eigenvalue weighted by molar-refractivity contribution is 6.30. The highest BCUT2D eigenvalue weighted by Gasteiger charge is 2.23. The summed E-state index contributed by atoms with van der Waals surface area (Å²) in [6.45, 7) is 0. The quantitative estimate of drug-likeness (QED) is 0.361. The van der Waals surface area contributed by atoms with Crippen LogP contribution >= 0.6 is 11.6 Å². The Bertz CT molecular complexity index is 1010. The number of rotatable bonds is 6. The van der Waals surface area contributed by atoms with E-state index in [1.165, 1.54) is 31.8 Å². The second-order valence-corrected chi connectivity index (χ2v) is 5.79. The van der Waals surface area contributed by atoms with Crippen molar-refractivity contribution in [2.45, 2.75) is 0 Å². The van der Waals surface area contributed by atoms with Gasteiger partial charge in [0.2, 0.25) is 11.6 Å². The van der Waals surface area contributed by atoms with Gasteiger partial charge < -0.3 is 15.4 Å². The number of benzene rings is 1. The van der Waals surface area contributed by atoms with Gasteiger partial charge in [0.15, 0.2) is 0 Å². The minimum atomic E-state index is -0.608. The minimum absolute atomic E-state index is 0.0257. The molecule has 1 aromatic carbocycles. The molecule has 0 aliphatic carbocycles. The summed E-state index contributed by atoms with van der Waals surface area (Å²) >= 11 is 5.79. The zero-order valence-corrected chi connectivity index (χ0v) is 15.2. The van der Waals surface area contributed by atoms with Crippen molar-refractivity contribution in [3.05, 3.63) is 69.6 Å². The van der Waals surface area contributed by atoms with E-state index in [1.807, 2.05) is 0 Å². The van der Waals surface area contributed by atoms with E-state index in [2.05, 4.69) is 30.3 Å². The highest BCUT2D eigenvalue weighted by atomic mass is 35.5. The molecule has 2 heterocycles. The van der Waals surface area contributed by atoms with E-state index in [9.17, 15) is 14.9 Å². The van der Waals surface area contributed by atoms with Crippen LogP contribution in [0.5, 0.6) is 0 Å². The molecule has 3 rings (SSSR count). The van der Waals surface area contributed by atoms with Crippen molar-refractivity contribution >= 4 is 46.4 Å². The van der Waals surface area contributed by atoms with E-state index in [-0.39, 0.29) is 17.3 Å². The number of halogens is 1. The molecule has 0 bridgehead atoms. The van der Waals surface area contributed by atoms with Gasteiger partial charge in [-0.25, -0.2) is 19.7 Å². The summed E-state index contributed by atoms with van der Waals surface area (Å²) in [5.74, 6) is -0.216. The second kappa shape index (κ2) is 8.27. The fourth-order valence-corrected chi connectivity index (χ4v) is 2.36. The number of hydrogen-bond acceptors (Lipinski definition) is 9. The van der Waals surface area contributed by atoms with Crippen LogP contribution in [0.4, 0.5) is 28.8 Å². The van der Waals surface area contributed by atoms with E-state index in [0.717, 1.165) is 0 Å². The number of nitrogens with one attached hydrogen (secondary N) is 2. The largest absolute Gasteiger partial charge is 0.465 e. The molecule has 0 atom stereocenters.